The molecule has 0 aromatic carbocycles. The van der Waals surface area contributed by atoms with Crippen molar-refractivity contribution in [3.8, 4) is 0 Å². The van der Waals surface area contributed by atoms with Gasteiger partial charge in [-0.25, -0.2) is 15.0 Å². The van der Waals surface area contributed by atoms with E-state index in [1.807, 2.05) is 6.92 Å². The van der Waals surface area contributed by atoms with Crippen LogP contribution < -0.4 is 11.1 Å². The quantitative estimate of drug-likeness (QED) is 0.838. The summed E-state index contributed by atoms with van der Waals surface area (Å²) in [6, 6.07) is 0. The van der Waals surface area contributed by atoms with Crippen LogP contribution in [0.3, 0.4) is 0 Å². The van der Waals surface area contributed by atoms with Crippen molar-refractivity contribution in [2.75, 3.05) is 11.1 Å². The summed E-state index contributed by atoms with van der Waals surface area (Å²) in [6.07, 6.45) is 2.27. The van der Waals surface area contributed by atoms with Gasteiger partial charge in [0, 0.05) is 4.88 Å². The van der Waals surface area contributed by atoms with Crippen molar-refractivity contribution in [1.82, 2.24) is 15.0 Å². The van der Waals surface area contributed by atoms with E-state index in [4.69, 9.17) is 17.3 Å². The predicted molar refractivity (Wildman–Crippen MR) is 71.0 cm³/mol. The fourth-order valence-electron chi connectivity index (χ4n) is 1.38. The van der Waals surface area contributed by atoms with Gasteiger partial charge in [0.2, 0.25) is 0 Å². The Bertz CT molecular complexity index is 539. The van der Waals surface area contributed by atoms with Gasteiger partial charge in [-0.2, -0.15) is 0 Å². The molecule has 0 aliphatic heterocycles. The molecule has 5 nitrogen and oxygen atoms in total. The third-order valence-corrected chi connectivity index (χ3v) is 3.52. The van der Waals surface area contributed by atoms with Crippen LogP contribution in [-0.4, -0.2) is 15.0 Å². The Morgan fingerprint density at radius 3 is 2.88 bits per heavy atom. The summed E-state index contributed by atoms with van der Waals surface area (Å²) >= 11 is 7.38. The number of nitrogen functional groups attached to an aromatic ring is 1. The Labute approximate surface area is 108 Å². The van der Waals surface area contributed by atoms with Gasteiger partial charge in [-0.15, -0.1) is 11.3 Å². The molecule has 0 atom stereocenters. The van der Waals surface area contributed by atoms with Crippen LogP contribution in [0.15, 0.2) is 6.33 Å². The molecule has 0 saturated carbocycles. The van der Waals surface area contributed by atoms with Gasteiger partial charge in [-0.1, -0.05) is 18.5 Å². The number of rotatable bonds is 3. The van der Waals surface area contributed by atoms with Crippen LogP contribution in [0.25, 0.3) is 0 Å². The zero-order chi connectivity index (χ0) is 12.4. The molecular formula is C10H12ClN5S. The number of nitrogens with one attached hydrogen (secondary N) is 1. The molecule has 0 aliphatic rings. The van der Waals surface area contributed by atoms with E-state index < -0.39 is 0 Å². The minimum absolute atomic E-state index is 0.242. The number of anilines is 3. The Morgan fingerprint density at radius 1 is 1.47 bits per heavy atom. The summed E-state index contributed by atoms with van der Waals surface area (Å²) in [5.74, 6) is 0.487. The summed E-state index contributed by atoms with van der Waals surface area (Å²) in [7, 11) is 0. The number of aromatic nitrogens is 3. The van der Waals surface area contributed by atoms with Crippen molar-refractivity contribution in [2.24, 2.45) is 0 Å². The Hall–Kier alpha value is -1.40. The number of hydrogen-bond donors (Lipinski definition) is 2. The fraction of sp³-hybridized carbons (Fsp3) is 0.300. The molecule has 2 heterocycles. The molecule has 7 heteroatoms. The van der Waals surface area contributed by atoms with Gasteiger partial charge >= 0.3 is 0 Å². The minimum atomic E-state index is 0.242. The summed E-state index contributed by atoms with van der Waals surface area (Å²) < 4.78 is 0. The van der Waals surface area contributed by atoms with E-state index in [2.05, 4.69) is 27.2 Å². The van der Waals surface area contributed by atoms with E-state index in [0.29, 0.717) is 11.5 Å². The largest absolute Gasteiger partial charge is 0.393 e. The molecule has 2 aromatic rings. The number of halogens is 1. The van der Waals surface area contributed by atoms with Crippen molar-refractivity contribution in [3.05, 3.63) is 22.1 Å². The minimum Gasteiger partial charge on any atom is -0.393 e. The lowest BCUT2D eigenvalue weighted by Gasteiger charge is -2.04. The molecule has 0 spiro atoms. The highest BCUT2D eigenvalue weighted by atomic mass is 35.5. The van der Waals surface area contributed by atoms with Gasteiger partial charge < -0.3 is 11.1 Å². The van der Waals surface area contributed by atoms with Gasteiger partial charge in [0.15, 0.2) is 16.1 Å². The van der Waals surface area contributed by atoms with Crippen molar-refractivity contribution in [1.29, 1.82) is 0 Å². The molecule has 0 amide bonds. The molecular weight excluding hydrogens is 258 g/mol. The first kappa shape index (κ1) is 12.1. The van der Waals surface area contributed by atoms with Gasteiger partial charge in [-0.3, -0.25) is 0 Å². The topological polar surface area (TPSA) is 76.7 Å². The second-order valence-corrected chi connectivity index (χ2v) is 4.99. The fourth-order valence-corrected chi connectivity index (χ4v) is 2.42. The SMILES string of the molecule is CCc1nc(Nc2ncnc(Cl)c2N)sc1C. The number of aryl methyl sites for hydroxylation is 2. The van der Waals surface area contributed by atoms with Crippen molar-refractivity contribution < 1.29 is 0 Å². The second-order valence-electron chi connectivity index (χ2n) is 3.43. The van der Waals surface area contributed by atoms with Crippen molar-refractivity contribution >= 4 is 39.6 Å². The maximum atomic E-state index is 5.81. The molecule has 0 unspecified atom stereocenters. The molecule has 0 fully saturated rings. The Balaban J connectivity index is 2.28. The van der Waals surface area contributed by atoms with E-state index in [-0.39, 0.29) is 5.15 Å². The van der Waals surface area contributed by atoms with Gasteiger partial charge in [0.05, 0.1) is 5.69 Å². The molecule has 90 valence electrons. The molecule has 0 saturated heterocycles. The highest BCUT2D eigenvalue weighted by Gasteiger charge is 2.10. The number of hydrogen-bond acceptors (Lipinski definition) is 6. The smallest absolute Gasteiger partial charge is 0.188 e. The lowest BCUT2D eigenvalue weighted by atomic mass is 10.3. The van der Waals surface area contributed by atoms with E-state index >= 15 is 0 Å². The molecule has 17 heavy (non-hydrogen) atoms. The lowest BCUT2D eigenvalue weighted by molar-refractivity contribution is 1.04. The first-order valence-electron chi connectivity index (χ1n) is 5.11. The highest BCUT2D eigenvalue weighted by molar-refractivity contribution is 7.15. The molecule has 2 aromatic heterocycles. The normalized spacial score (nSPS) is 10.5. The molecule has 0 radical (unpaired) electrons. The van der Waals surface area contributed by atoms with Crippen LogP contribution in [-0.2, 0) is 6.42 Å². The van der Waals surface area contributed by atoms with Gasteiger partial charge in [0.25, 0.3) is 0 Å². The average molecular weight is 270 g/mol. The first-order chi connectivity index (χ1) is 8.11. The highest BCUT2D eigenvalue weighted by Crippen LogP contribution is 2.29. The summed E-state index contributed by atoms with van der Waals surface area (Å²) in [6.45, 7) is 4.11. The van der Waals surface area contributed by atoms with Crippen LogP contribution in [0.2, 0.25) is 5.15 Å². The van der Waals surface area contributed by atoms with E-state index in [1.165, 1.54) is 11.2 Å². The van der Waals surface area contributed by atoms with Gasteiger partial charge in [-0.05, 0) is 13.3 Å². The number of thiazole rings is 1. The Kier molecular flexibility index (Phi) is 3.44. The van der Waals surface area contributed by atoms with Crippen LogP contribution >= 0.6 is 22.9 Å². The standard InChI is InChI=1S/C10H12ClN5S/c1-3-6-5(2)17-10(15-6)16-9-7(12)8(11)13-4-14-9/h4H,3,12H2,1-2H3,(H,13,14,15,16). The van der Waals surface area contributed by atoms with Crippen LogP contribution in [0.1, 0.15) is 17.5 Å². The maximum Gasteiger partial charge on any atom is 0.188 e. The Morgan fingerprint density at radius 2 is 2.24 bits per heavy atom. The third kappa shape index (κ3) is 2.48. The van der Waals surface area contributed by atoms with E-state index in [1.54, 1.807) is 11.3 Å². The predicted octanol–water partition coefficient (Wildman–Crippen LogP) is 2.78. The summed E-state index contributed by atoms with van der Waals surface area (Å²) in [5, 5.41) is 4.06. The maximum absolute atomic E-state index is 5.81. The van der Waals surface area contributed by atoms with Crippen molar-refractivity contribution in [3.63, 3.8) is 0 Å². The lowest BCUT2D eigenvalue weighted by Crippen LogP contribution is -2.00. The summed E-state index contributed by atoms with van der Waals surface area (Å²) in [5.41, 5.74) is 7.18. The zero-order valence-corrected chi connectivity index (χ0v) is 11.1. The molecule has 0 aliphatic carbocycles. The van der Waals surface area contributed by atoms with E-state index in [0.717, 1.165) is 17.2 Å². The monoisotopic (exact) mass is 269 g/mol. The van der Waals surface area contributed by atoms with Crippen LogP contribution in [0.4, 0.5) is 16.6 Å². The van der Waals surface area contributed by atoms with Crippen LogP contribution in [0, 0.1) is 6.92 Å². The first-order valence-corrected chi connectivity index (χ1v) is 6.30. The average Bonchev–Trinajstić information content (AvgIpc) is 2.65. The third-order valence-electron chi connectivity index (χ3n) is 2.29. The molecule has 3 N–H and O–H groups in total. The van der Waals surface area contributed by atoms with E-state index in [9.17, 15) is 0 Å². The molecule has 2 rings (SSSR count). The van der Waals surface area contributed by atoms with Crippen molar-refractivity contribution in [2.45, 2.75) is 20.3 Å². The van der Waals surface area contributed by atoms with Gasteiger partial charge in [0.1, 0.15) is 12.0 Å². The number of nitrogens with two attached hydrogens (primary N) is 1. The zero-order valence-electron chi connectivity index (χ0n) is 9.49. The molecule has 0 bridgehead atoms. The second kappa shape index (κ2) is 4.85. The van der Waals surface area contributed by atoms with Crippen LogP contribution in [0.5, 0.6) is 0 Å². The summed E-state index contributed by atoms with van der Waals surface area (Å²) in [4.78, 5) is 13.5. The number of nitrogens with zero attached hydrogens (tertiary/aromatic N) is 3.